The smallest absolute Gasteiger partial charge is 0.309 e. The minimum absolute atomic E-state index is 0.0130. The van der Waals surface area contributed by atoms with Gasteiger partial charge in [-0.25, -0.2) is 4.68 Å². The van der Waals surface area contributed by atoms with Crippen LogP contribution in [0.15, 0.2) is 48.6 Å². The van der Waals surface area contributed by atoms with E-state index in [2.05, 4.69) is 48.4 Å². The molecule has 0 aliphatic carbocycles. The summed E-state index contributed by atoms with van der Waals surface area (Å²) in [6, 6.07) is 12.2. The topological polar surface area (TPSA) is 99.4 Å². The van der Waals surface area contributed by atoms with Crippen LogP contribution in [-0.4, -0.2) is 50.6 Å². The van der Waals surface area contributed by atoms with Crippen LogP contribution in [0.2, 0.25) is 0 Å². The number of aliphatic hydroxyl groups excluding tert-OH is 1. The number of carbonyl (C=O) groups is 1. The molecule has 0 radical (unpaired) electrons. The highest BCUT2D eigenvalue weighted by molar-refractivity contribution is 6.02. The fourth-order valence-corrected chi connectivity index (χ4v) is 4.62. The molecule has 1 aromatic heterocycles. The summed E-state index contributed by atoms with van der Waals surface area (Å²) in [5.74, 6) is 0.907. The van der Waals surface area contributed by atoms with E-state index in [-0.39, 0.29) is 6.42 Å². The Bertz CT molecular complexity index is 1270. The maximum Gasteiger partial charge on any atom is 0.309 e. The lowest BCUT2D eigenvalue weighted by Crippen LogP contribution is -2.31. The number of carbonyl (C=O) groups excluding carboxylic acids is 1. The Morgan fingerprint density at radius 1 is 1.17 bits per heavy atom. The van der Waals surface area contributed by atoms with E-state index in [1.165, 1.54) is 5.56 Å². The molecular weight excluding hydrogens is 444 g/mol. The quantitative estimate of drug-likeness (QED) is 0.429. The molecule has 2 heterocycles. The Morgan fingerprint density at radius 2 is 1.86 bits per heavy atom. The number of tetrazole rings is 1. The summed E-state index contributed by atoms with van der Waals surface area (Å²) in [7, 11) is 3.42. The predicted octanol–water partition coefficient (Wildman–Crippen LogP) is 3.73. The summed E-state index contributed by atoms with van der Waals surface area (Å²) in [5, 5.41) is 22.3. The summed E-state index contributed by atoms with van der Waals surface area (Å²) in [6.07, 6.45) is 2.77. The van der Waals surface area contributed by atoms with E-state index in [0.717, 1.165) is 39.1 Å². The molecule has 8 nitrogen and oxygen atoms in total. The van der Waals surface area contributed by atoms with E-state index in [4.69, 9.17) is 9.47 Å². The third-order valence-electron chi connectivity index (χ3n) is 6.10. The van der Waals surface area contributed by atoms with Crippen molar-refractivity contribution in [2.75, 3.05) is 7.11 Å². The van der Waals surface area contributed by atoms with Gasteiger partial charge in [-0.2, -0.15) is 0 Å². The number of rotatable bonds is 6. The number of allylic oxidation sites excluding steroid dienone is 2. The van der Waals surface area contributed by atoms with Crippen molar-refractivity contribution < 1.29 is 19.4 Å². The van der Waals surface area contributed by atoms with Gasteiger partial charge in [-0.15, -0.1) is 5.10 Å². The van der Waals surface area contributed by atoms with E-state index < -0.39 is 18.2 Å². The minimum Gasteiger partial charge on any atom is -0.497 e. The number of esters is 1. The van der Waals surface area contributed by atoms with Crippen molar-refractivity contribution in [3.8, 4) is 5.75 Å². The molecule has 1 aliphatic heterocycles. The molecule has 35 heavy (non-hydrogen) atoms. The van der Waals surface area contributed by atoms with Gasteiger partial charge >= 0.3 is 5.97 Å². The molecular formula is C27H30N4O4. The molecule has 4 rings (SSSR count). The number of cyclic esters (lactones) is 1. The average molecular weight is 475 g/mol. The van der Waals surface area contributed by atoms with Crippen molar-refractivity contribution in [3.63, 3.8) is 0 Å². The first-order chi connectivity index (χ1) is 16.8. The van der Waals surface area contributed by atoms with Crippen LogP contribution in [-0.2, 0) is 16.6 Å². The van der Waals surface area contributed by atoms with Gasteiger partial charge < -0.3 is 14.6 Å². The third kappa shape index (κ3) is 5.33. The average Bonchev–Trinajstić information content (AvgIpc) is 3.22. The van der Waals surface area contributed by atoms with Gasteiger partial charge in [-0.1, -0.05) is 35.9 Å². The monoisotopic (exact) mass is 474 g/mol. The minimum atomic E-state index is -0.725. The number of ether oxygens (including phenoxy) is 2. The fraction of sp³-hybridized carbons (Fsp3) is 0.333. The van der Waals surface area contributed by atoms with Crippen molar-refractivity contribution >= 4 is 17.1 Å². The Balaban J connectivity index is 1.98. The van der Waals surface area contributed by atoms with Gasteiger partial charge in [0.1, 0.15) is 11.9 Å². The van der Waals surface area contributed by atoms with E-state index in [1.54, 1.807) is 24.9 Å². The lowest BCUT2D eigenvalue weighted by Gasteiger charge is -2.24. The van der Waals surface area contributed by atoms with Gasteiger partial charge in [0.05, 0.1) is 19.6 Å². The van der Waals surface area contributed by atoms with Crippen molar-refractivity contribution in [1.29, 1.82) is 0 Å². The first-order valence-electron chi connectivity index (χ1n) is 11.5. The summed E-state index contributed by atoms with van der Waals surface area (Å²) in [5.41, 5.74) is 7.17. The van der Waals surface area contributed by atoms with E-state index in [9.17, 15) is 9.90 Å². The highest BCUT2D eigenvalue weighted by Crippen LogP contribution is 2.37. The zero-order valence-corrected chi connectivity index (χ0v) is 20.6. The van der Waals surface area contributed by atoms with Gasteiger partial charge in [0, 0.05) is 24.6 Å². The molecule has 182 valence electrons. The van der Waals surface area contributed by atoms with Crippen LogP contribution in [0.4, 0.5) is 0 Å². The predicted molar refractivity (Wildman–Crippen MR) is 133 cm³/mol. The molecule has 2 atom stereocenters. The van der Waals surface area contributed by atoms with Gasteiger partial charge in [-0.05, 0) is 71.7 Å². The lowest BCUT2D eigenvalue weighted by atomic mass is 9.86. The molecule has 8 heteroatoms. The SMILES string of the molecule is COc1ccc(C(=C(/C=C/[C@@H]2C[C@@H](O)CC(=O)O2)c2nnnn2C)c2c(C)cc(C)cc2C)cc1. The van der Waals surface area contributed by atoms with Crippen LogP contribution in [0.1, 0.15) is 46.5 Å². The molecule has 2 aromatic carbocycles. The Morgan fingerprint density at radius 3 is 2.43 bits per heavy atom. The van der Waals surface area contributed by atoms with E-state index in [0.29, 0.717) is 12.2 Å². The maximum absolute atomic E-state index is 11.9. The van der Waals surface area contributed by atoms with Gasteiger partial charge in [0.25, 0.3) is 0 Å². The molecule has 0 spiro atoms. The van der Waals surface area contributed by atoms with E-state index >= 15 is 0 Å². The first kappa shape index (κ1) is 24.3. The molecule has 1 aliphatic rings. The molecule has 0 unspecified atom stereocenters. The fourth-order valence-electron chi connectivity index (χ4n) is 4.62. The van der Waals surface area contributed by atoms with E-state index in [1.807, 2.05) is 30.3 Å². The number of hydrogen-bond donors (Lipinski definition) is 1. The second-order valence-electron chi connectivity index (χ2n) is 8.90. The Labute approximate surface area is 204 Å². The van der Waals surface area contributed by atoms with Crippen molar-refractivity contribution in [1.82, 2.24) is 20.2 Å². The molecule has 1 saturated heterocycles. The van der Waals surface area contributed by atoms with Crippen LogP contribution >= 0.6 is 0 Å². The standard InChI is InChI=1S/C27H30N4O4/c1-16-12-17(2)25(18(3)13-16)26(19-6-8-21(34-5)9-7-19)23(27-28-29-30-31(27)4)11-10-22-14-20(32)15-24(33)35-22/h6-13,20,22,32H,14-15H2,1-5H3/b11-10+,26-23?/t20-,22-/m1/s1. The van der Waals surface area contributed by atoms with Crippen LogP contribution in [0, 0.1) is 20.8 Å². The van der Waals surface area contributed by atoms with Crippen LogP contribution < -0.4 is 4.74 Å². The van der Waals surface area contributed by atoms with Crippen molar-refractivity contribution in [3.05, 3.63) is 82.2 Å². The number of methoxy groups -OCH3 is 1. The molecule has 0 bridgehead atoms. The summed E-state index contributed by atoms with van der Waals surface area (Å²) in [6.45, 7) is 6.26. The third-order valence-corrected chi connectivity index (χ3v) is 6.10. The summed E-state index contributed by atoms with van der Waals surface area (Å²) in [4.78, 5) is 11.9. The molecule has 1 fully saturated rings. The van der Waals surface area contributed by atoms with Gasteiger partial charge in [-0.3, -0.25) is 4.79 Å². The lowest BCUT2D eigenvalue weighted by molar-refractivity contribution is -0.156. The van der Waals surface area contributed by atoms with Crippen LogP contribution in [0.3, 0.4) is 0 Å². The second-order valence-corrected chi connectivity index (χ2v) is 8.90. The maximum atomic E-state index is 11.9. The molecule has 0 saturated carbocycles. The zero-order valence-electron chi connectivity index (χ0n) is 20.6. The number of aromatic nitrogens is 4. The summed E-state index contributed by atoms with van der Waals surface area (Å²) >= 11 is 0. The number of aryl methyl sites for hydroxylation is 4. The Kier molecular flexibility index (Phi) is 7.12. The van der Waals surface area contributed by atoms with Gasteiger partial charge in [0.15, 0.2) is 5.82 Å². The van der Waals surface area contributed by atoms with Crippen LogP contribution in [0.25, 0.3) is 11.1 Å². The number of benzene rings is 2. The normalized spacial score (nSPS) is 19.0. The zero-order chi connectivity index (χ0) is 25.1. The molecule has 0 amide bonds. The number of aliphatic hydroxyl groups is 1. The largest absolute Gasteiger partial charge is 0.497 e. The van der Waals surface area contributed by atoms with Crippen LogP contribution in [0.5, 0.6) is 5.75 Å². The second kappa shape index (κ2) is 10.2. The summed E-state index contributed by atoms with van der Waals surface area (Å²) < 4.78 is 12.4. The van der Waals surface area contributed by atoms with Gasteiger partial charge in [0.2, 0.25) is 0 Å². The number of nitrogens with zero attached hydrogens (tertiary/aromatic N) is 4. The molecule has 1 N–H and O–H groups in total. The highest BCUT2D eigenvalue weighted by Gasteiger charge is 2.26. The first-order valence-corrected chi connectivity index (χ1v) is 11.5. The number of hydrogen-bond acceptors (Lipinski definition) is 7. The highest BCUT2D eigenvalue weighted by atomic mass is 16.5. The van der Waals surface area contributed by atoms with Crippen molar-refractivity contribution in [2.24, 2.45) is 7.05 Å². The molecule has 3 aromatic rings. The van der Waals surface area contributed by atoms with Crippen molar-refractivity contribution in [2.45, 2.75) is 45.8 Å². The Hall–Kier alpha value is -3.78.